The molecule has 1 amide bonds. The summed E-state index contributed by atoms with van der Waals surface area (Å²) < 4.78 is 4.83. The Hall–Kier alpha value is -1.95. The number of ether oxygens (including phenoxy) is 1. The predicted octanol–water partition coefficient (Wildman–Crippen LogP) is 2.57. The van der Waals surface area contributed by atoms with E-state index in [4.69, 9.17) is 11.2 Å². The first-order valence-corrected chi connectivity index (χ1v) is 4.66. The van der Waals surface area contributed by atoms with Crippen LogP contribution in [0.4, 0.5) is 10.5 Å². The third kappa shape index (κ3) is 4.19. The van der Waals surface area contributed by atoms with E-state index in [0.29, 0.717) is 6.42 Å². The van der Waals surface area contributed by atoms with Gasteiger partial charge in [-0.05, 0) is 24.6 Å². The second kappa shape index (κ2) is 5.71. The van der Waals surface area contributed by atoms with Crippen molar-refractivity contribution in [3.05, 3.63) is 29.8 Å². The molecule has 78 valence electrons. The second-order valence-electron chi connectivity index (χ2n) is 3.08. The standard InChI is InChI=1S/C12H13NO2/c1-3-4-8-15-12(14)13-11-7-5-6-10(2)9-11/h1,5-7,9H,4,8H2,2H3,(H,13,14). The molecule has 3 heteroatoms. The van der Waals surface area contributed by atoms with Crippen molar-refractivity contribution in [2.24, 2.45) is 0 Å². The first-order valence-electron chi connectivity index (χ1n) is 4.66. The zero-order valence-corrected chi connectivity index (χ0v) is 8.62. The number of aryl methyl sites for hydroxylation is 1. The maximum absolute atomic E-state index is 11.2. The van der Waals surface area contributed by atoms with E-state index in [2.05, 4.69) is 11.2 Å². The quantitative estimate of drug-likeness (QED) is 0.605. The Morgan fingerprint density at radius 2 is 2.40 bits per heavy atom. The van der Waals surface area contributed by atoms with Gasteiger partial charge in [0, 0.05) is 12.1 Å². The van der Waals surface area contributed by atoms with E-state index in [1.54, 1.807) is 6.07 Å². The van der Waals surface area contributed by atoms with Crippen LogP contribution in [0.1, 0.15) is 12.0 Å². The molecule has 0 saturated carbocycles. The highest BCUT2D eigenvalue weighted by atomic mass is 16.5. The normalized spacial score (nSPS) is 9.07. The van der Waals surface area contributed by atoms with Crippen LogP contribution in [-0.4, -0.2) is 12.7 Å². The number of rotatable bonds is 3. The van der Waals surface area contributed by atoms with Gasteiger partial charge in [-0.2, -0.15) is 0 Å². The Kier molecular flexibility index (Phi) is 4.24. The van der Waals surface area contributed by atoms with Gasteiger partial charge < -0.3 is 4.74 Å². The maximum Gasteiger partial charge on any atom is 0.411 e. The van der Waals surface area contributed by atoms with Gasteiger partial charge in [-0.15, -0.1) is 12.3 Å². The molecule has 3 nitrogen and oxygen atoms in total. The molecule has 1 N–H and O–H groups in total. The molecule has 0 bridgehead atoms. The van der Waals surface area contributed by atoms with Crippen LogP contribution in [0.3, 0.4) is 0 Å². The molecule has 0 atom stereocenters. The van der Waals surface area contributed by atoms with Gasteiger partial charge in [0.2, 0.25) is 0 Å². The molecule has 0 fully saturated rings. The van der Waals surface area contributed by atoms with Crippen molar-refractivity contribution in [2.75, 3.05) is 11.9 Å². The van der Waals surface area contributed by atoms with Crippen LogP contribution >= 0.6 is 0 Å². The number of hydrogen-bond acceptors (Lipinski definition) is 2. The van der Waals surface area contributed by atoms with E-state index in [9.17, 15) is 4.79 Å². The van der Waals surface area contributed by atoms with Crippen LogP contribution in [0.25, 0.3) is 0 Å². The largest absolute Gasteiger partial charge is 0.448 e. The van der Waals surface area contributed by atoms with E-state index in [-0.39, 0.29) is 6.61 Å². The summed E-state index contributed by atoms with van der Waals surface area (Å²) in [6.45, 7) is 2.20. The van der Waals surface area contributed by atoms with Gasteiger partial charge in [0.1, 0.15) is 6.61 Å². The number of carbonyl (C=O) groups is 1. The van der Waals surface area contributed by atoms with E-state index < -0.39 is 6.09 Å². The number of carbonyl (C=O) groups excluding carboxylic acids is 1. The van der Waals surface area contributed by atoms with Gasteiger partial charge in [-0.3, -0.25) is 5.32 Å². The molecule has 0 aliphatic heterocycles. The molecular formula is C12H13NO2. The maximum atomic E-state index is 11.2. The fourth-order valence-electron chi connectivity index (χ4n) is 1.08. The van der Waals surface area contributed by atoms with Crippen molar-refractivity contribution in [3.63, 3.8) is 0 Å². The monoisotopic (exact) mass is 203 g/mol. The second-order valence-corrected chi connectivity index (χ2v) is 3.08. The van der Waals surface area contributed by atoms with E-state index in [1.165, 1.54) is 0 Å². The number of hydrogen-bond donors (Lipinski definition) is 1. The van der Waals surface area contributed by atoms with Gasteiger partial charge in [0.05, 0.1) is 0 Å². The average Bonchev–Trinajstić information content (AvgIpc) is 2.18. The minimum Gasteiger partial charge on any atom is -0.448 e. The van der Waals surface area contributed by atoms with Crippen LogP contribution in [0.2, 0.25) is 0 Å². The average molecular weight is 203 g/mol. The molecule has 0 spiro atoms. The highest BCUT2D eigenvalue weighted by Gasteiger charge is 2.01. The molecule has 0 heterocycles. The lowest BCUT2D eigenvalue weighted by molar-refractivity contribution is 0.164. The Morgan fingerprint density at radius 1 is 1.60 bits per heavy atom. The zero-order chi connectivity index (χ0) is 11.1. The summed E-state index contributed by atoms with van der Waals surface area (Å²) in [6.07, 6.45) is 4.98. The van der Waals surface area contributed by atoms with Gasteiger partial charge in [-0.25, -0.2) is 4.79 Å². The van der Waals surface area contributed by atoms with Crippen LogP contribution in [0, 0.1) is 19.3 Å². The van der Waals surface area contributed by atoms with Crippen molar-refractivity contribution >= 4 is 11.8 Å². The number of amides is 1. The lowest BCUT2D eigenvalue weighted by Crippen LogP contribution is -2.14. The van der Waals surface area contributed by atoms with Crippen LogP contribution < -0.4 is 5.32 Å². The van der Waals surface area contributed by atoms with Crippen molar-refractivity contribution in [1.82, 2.24) is 0 Å². The lowest BCUT2D eigenvalue weighted by atomic mass is 10.2. The van der Waals surface area contributed by atoms with Crippen molar-refractivity contribution in [2.45, 2.75) is 13.3 Å². The van der Waals surface area contributed by atoms with Crippen LogP contribution in [0.5, 0.6) is 0 Å². The van der Waals surface area contributed by atoms with E-state index in [1.807, 2.05) is 25.1 Å². The first kappa shape index (κ1) is 11.1. The molecular weight excluding hydrogens is 190 g/mol. The van der Waals surface area contributed by atoms with Crippen LogP contribution in [0.15, 0.2) is 24.3 Å². The van der Waals surface area contributed by atoms with Gasteiger partial charge in [-0.1, -0.05) is 12.1 Å². The summed E-state index contributed by atoms with van der Waals surface area (Å²) in [5.41, 5.74) is 1.80. The summed E-state index contributed by atoms with van der Waals surface area (Å²) in [5.74, 6) is 2.39. The minimum atomic E-state index is -0.476. The Balaban J connectivity index is 2.42. The molecule has 0 aromatic heterocycles. The fourth-order valence-corrected chi connectivity index (χ4v) is 1.08. The zero-order valence-electron chi connectivity index (χ0n) is 8.62. The smallest absolute Gasteiger partial charge is 0.411 e. The minimum absolute atomic E-state index is 0.244. The van der Waals surface area contributed by atoms with Gasteiger partial charge in [0.15, 0.2) is 0 Å². The van der Waals surface area contributed by atoms with Crippen LogP contribution in [-0.2, 0) is 4.74 Å². The third-order valence-corrected chi connectivity index (χ3v) is 1.74. The van der Waals surface area contributed by atoms with Crippen molar-refractivity contribution in [1.29, 1.82) is 0 Å². The number of anilines is 1. The van der Waals surface area contributed by atoms with Crippen molar-refractivity contribution in [3.8, 4) is 12.3 Å². The molecule has 0 aliphatic rings. The van der Waals surface area contributed by atoms with E-state index in [0.717, 1.165) is 11.3 Å². The third-order valence-electron chi connectivity index (χ3n) is 1.74. The Bertz CT molecular complexity index is 379. The highest BCUT2D eigenvalue weighted by Crippen LogP contribution is 2.09. The molecule has 0 saturated heterocycles. The summed E-state index contributed by atoms with van der Waals surface area (Å²) in [5, 5.41) is 2.61. The summed E-state index contributed by atoms with van der Waals surface area (Å²) in [7, 11) is 0. The number of nitrogens with one attached hydrogen (secondary N) is 1. The molecule has 0 radical (unpaired) electrons. The fraction of sp³-hybridized carbons (Fsp3) is 0.250. The molecule has 1 aromatic carbocycles. The summed E-state index contributed by atoms with van der Waals surface area (Å²) in [4.78, 5) is 11.2. The SMILES string of the molecule is C#CCCOC(=O)Nc1cccc(C)c1. The first-order chi connectivity index (χ1) is 7.22. The molecule has 0 unspecified atom stereocenters. The number of terminal acetylenes is 1. The summed E-state index contributed by atoms with van der Waals surface area (Å²) >= 11 is 0. The van der Waals surface area contributed by atoms with Crippen molar-refractivity contribution < 1.29 is 9.53 Å². The molecule has 0 aliphatic carbocycles. The Morgan fingerprint density at radius 3 is 3.07 bits per heavy atom. The predicted molar refractivity (Wildman–Crippen MR) is 59.6 cm³/mol. The molecule has 1 aromatic rings. The highest BCUT2D eigenvalue weighted by molar-refractivity contribution is 5.84. The summed E-state index contributed by atoms with van der Waals surface area (Å²) in [6, 6.07) is 7.49. The Labute approximate surface area is 89.4 Å². The lowest BCUT2D eigenvalue weighted by Gasteiger charge is -2.05. The molecule has 1 rings (SSSR count). The van der Waals surface area contributed by atoms with Gasteiger partial charge >= 0.3 is 6.09 Å². The topological polar surface area (TPSA) is 38.3 Å². The van der Waals surface area contributed by atoms with E-state index >= 15 is 0 Å². The number of benzene rings is 1. The molecule has 15 heavy (non-hydrogen) atoms. The van der Waals surface area contributed by atoms with Gasteiger partial charge in [0.25, 0.3) is 0 Å².